The Bertz CT molecular complexity index is 932. The second kappa shape index (κ2) is 8.79. The Morgan fingerprint density at radius 2 is 1.53 bits per heavy atom. The molecule has 160 valence electrons. The van der Waals surface area contributed by atoms with E-state index in [0.29, 0.717) is 0 Å². The summed E-state index contributed by atoms with van der Waals surface area (Å²) in [5.41, 5.74) is 7.81. The van der Waals surface area contributed by atoms with Gasteiger partial charge in [-0.1, -0.05) is 77.4 Å². The Balaban J connectivity index is 1.81. The Labute approximate surface area is 182 Å². The maximum absolute atomic E-state index is 12.2. The zero-order valence-electron chi connectivity index (χ0n) is 19.6. The minimum absolute atomic E-state index is 0.00948. The quantitative estimate of drug-likeness (QED) is 0.403. The number of carbonyl (C=O) groups is 1. The lowest BCUT2D eigenvalue weighted by atomic mass is 9.63. The summed E-state index contributed by atoms with van der Waals surface area (Å²) in [6.45, 7) is 14.5. The third kappa shape index (κ3) is 4.86. The second-order valence-electron chi connectivity index (χ2n) is 10.1. The molecule has 1 aliphatic carbocycles. The summed E-state index contributed by atoms with van der Waals surface area (Å²) in [4.78, 5) is 12.2. The summed E-state index contributed by atoms with van der Waals surface area (Å²) >= 11 is 0. The van der Waals surface area contributed by atoms with Gasteiger partial charge in [-0.15, -0.1) is 0 Å². The molecule has 2 aromatic carbocycles. The van der Waals surface area contributed by atoms with Crippen molar-refractivity contribution >= 4 is 17.6 Å². The molecule has 2 heteroatoms. The summed E-state index contributed by atoms with van der Waals surface area (Å²) in [5.74, 6) is 0.00948. The molecule has 0 atom stereocenters. The number of carbonyl (C=O) groups excluding carboxylic acids is 1. The van der Waals surface area contributed by atoms with Gasteiger partial charge < -0.3 is 5.32 Å². The van der Waals surface area contributed by atoms with Crippen LogP contribution in [-0.2, 0) is 10.8 Å². The van der Waals surface area contributed by atoms with Crippen LogP contribution in [0.4, 0.5) is 0 Å². The van der Waals surface area contributed by atoms with E-state index in [4.69, 9.17) is 0 Å². The van der Waals surface area contributed by atoms with Gasteiger partial charge in [0.05, 0.1) is 0 Å². The molecule has 0 aromatic heterocycles. The van der Waals surface area contributed by atoms with Gasteiger partial charge in [-0.05, 0) is 77.0 Å². The summed E-state index contributed by atoms with van der Waals surface area (Å²) < 4.78 is 0. The van der Waals surface area contributed by atoms with Gasteiger partial charge in [0.1, 0.15) is 0 Å². The van der Waals surface area contributed by atoms with E-state index in [0.717, 1.165) is 30.5 Å². The third-order valence-corrected chi connectivity index (χ3v) is 6.68. The second-order valence-corrected chi connectivity index (χ2v) is 10.1. The first-order valence-electron chi connectivity index (χ1n) is 11.4. The highest BCUT2D eigenvalue weighted by molar-refractivity contribution is 5.94. The van der Waals surface area contributed by atoms with Crippen molar-refractivity contribution in [1.29, 1.82) is 0 Å². The standard InChI is InChI=1S/C28H37NO/c1-7-8-17-29-26(30)22-11-9-21(10-12-22)18-20(2)23-13-14-24-25(19-23)28(5,6)16-15-27(24,3)4/h9-14,18-19H,7-8,15-17H2,1-6H3,(H,29,30)/b20-18+. The molecular weight excluding hydrogens is 366 g/mol. The van der Waals surface area contributed by atoms with Gasteiger partial charge in [0.25, 0.3) is 5.91 Å². The highest BCUT2D eigenvalue weighted by Gasteiger charge is 2.36. The normalized spacial score (nSPS) is 17.3. The summed E-state index contributed by atoms with van der Waals surface area (Å²) in [7, 11) is 0. The van der Waals surface area contributed by atoms with E-state index >= 15 is 0 Å². The van der Waals surface area contributed by atoms with Crippen LogP contribution in [0.5, 0.6) is 0 Å². The van der Waals surface area contributed by atoms with E-state index in [1.807, 2.05) is 24.3 Å². The molecule has 0 saturated heterocycles. The monoisotopic (exact) mass is 403 g/mol. The topological polar surface area (TPSA) is 29.1 Å². The fraction of sp³-hybridized carbons (Fsp3) is 0.464. The van der Waals surface area contributed by atoms with Crippen LogP contribution < -0.4 is 5.32 Å². The van der Waals surface area contributed by atoms with Crippen molar-refractivity contribution in [3.8, 4) is 0 Å². The largest absolute Gasteiger partial charge is 0.352 e. The molecular formula is C28H37NO. The van der Waals surface area contributed by atoms with Crippen molar-refractivity contribution in [3.63, 3.8) is 0 Å². The number of unbranched alkanes of at least 4 members (excludes halogenated alkanes) is 1. The summed E-state index contributed by atoms with van der Waals surface area (Å²) in [5, 5.41) is 2.97. The van der Waals surface area contributed by atoms with Crippen LogP contribution in [0.1, 0.15) is 99.8 Å². The fourth-order valence-electron chi connectivity index (χ4n) is 4.38. The van der Waals surface area contributed by atoms with Gasteiger partial charge in [-0.2, -0.15) is 0 Å². The Morgan fingerprint density at radius 3 is 2.17 bits per heavy atom. The van der Waals surface area contributed by atoms with Crippen molar-refractivity contribution < 1.29 is 4.79 Å². The van der Waals surface area contributed by atoms with Crippen LogP contribution in [0.25, 0.3) is 11.6 Å². The van der Waals surface area contributed by atoms with Crippen LogP contribution >= 0.6 is 0 Å². The maximum atomic E-state index is 12.2. The van der Waals surface area contributed by atoms with Crippen molar-refractivity contribution in [1.82, 2.24) is 5.32 Å². The first kappa shape index (κ1) is 22.3. The number of hydrogen-bond donors (Lipinski definition) is 1. The predicted molar refractivity (Wildman–Crippen MR) is 129 cm³/mol. The molecule has 30 heavy (non-hydrogen) atoms. The molecule has 2 nitrogen and oxygen atoms in total. The number of rotatable bonds is 6. The number of benzene rings is 2. The van der Waals surface area contributed by atoms with Crippen molar-refractivity contribution in [3.05, 3.63) is 70.3 Å². The average molecular weight is 404 g/mol. The molecule has 1 amide bonds. The lowest BCUT2D eigenvalue weighted by Gasteiger charge is -2.42. The van der Waals surface area contributed by atoms with E-state index in [-0.39, 0.29) is 16.7 Å². The van der Waals surface area contributed by atoms with E-state index < -0.39 is 0 Å². The molecule has 2 aromatic rings. The van der Waals surface area contributed by atoms with E-state index in [1.54, 1.807) is 0 Å². The van der Waals surface area contributed by atoms with E-state index in [2.05, 4.69) is 71.1 Å². The van der Waals surface area contributed by atoms with Gasteiger partial charge in [0.2, 0.25) is 0 Å². The molecule has 1 aliphatic rings. The van der Waals surface area contributed by atoms with Gasteiger partial charge in [0.15, 0.2) is 0 Å². The number of fused-ring (bicyclic) bond motifs is 1. The molecule has 0 bridgehead atoms. The molecule has 0 spiro atoms. The first-order valence-corrected chi connectivity index (χ1v) is 11.4. The smallest absolute Gasteiger partial charge is 0.251 e. The summed E-state index contributed by atoms with van der Waals surface area (Å²) in [6.07, 6.45) is 6.77. The highest BCUT2D eigenvalue weighted by atomic mass is 16.1. The molecule has 0 saturated carbocycles. The Morgan fingerprint density at radius 1 is 0.933 bits per heavy atom. The van der Waals surface area contributed by atoms with Crippen molar-refractivity contribution in [2.45, 2.75) is 78.1 Å². The zero-order chi connectivity index (χ0) is 21.9. The van der Waals surface area contributed by atoms with Crippen LogP contribution in [0, 0.1) is 0 Å². The fourth-order valence-corrected chi connectivity index (χ4v) is 4.38. The lowest BCUT2D eigenvalue weighted by molar-refractivity contribution is 0.0953. The number of allylic oxidation sites excluding steroid dienone is 1. The number of nitrogens with one attached hydrogen (secondary N) is 1. The minimum atomic E-state index is 0.00948. The van der Waals surface area contributed by atoms with Crippen molar-refractivity contribution in [2.75, 3.05) is 6.54 Å². The summed E-state index contributed by atoms with van der Waals surface area (Å²) in [6, 6.07) is 14.9. The van der Waals surface area contributed by atoms with Gasteiger partial charge >= 0.3 is 0 Å². The predicted octanol–water partition coefficient (Wildman–Crippen LogP) is 7.13. The first-order chi connectivity index (χ1) is 14.1. The number of amides is 1. The van der Waals surface area contributed by atoms with Crippen molar-refractivity contribution in [2.24, 2.45) is 0 Å². The molecule has 1 N–H and O–H groups in total. The minimum Gasteiger partial charge on any atom is -0.352 e. The van der Waals surface area contributed by atoms with Crippen LogP contribution in [0.2, 0.25) is 0 Å². The van der Waals surface area contributed by atoms with E-state index in [9.17, 15) is 4.79 Å². The Hall–Kier alpha value is -2.35. The maximum Gasteiger partial charge on any atom is 0.251 e. The van der Waals surface area contributed by atoms with Crippen LogP contribution in [-0.4, -0.2) is 12.5 Å². The van der Waals surface area contributed by atoms with Gasteiger partial charge in [-0.25, -0.2) is 0 Å². The molecule has 0 unspecified atom stereocenters. The van der Waals surface area contributed by atoms with Gasteiger partial charge in [0, 0.05) is 12.1 Å². The van der Waals surface area contributed by atoms with Crippen LogP contribution in [0.15, 0.2) is 42.5 Å². The molecule has 0 aliphatic heterocycles. The van der Waals surface area contributed by atoms with E-state index in [1.165, 1.54) is 35.1 Å². The van der Waals surface area contributed by atoms with Gasteiger partial charge in [-0.3, -0.25) is 4.79 Å². The molecule has 0 radical (unpaired) electrons. The molecule has 3 rings (SSSR count). The Kier molecular flexibility index (Phi) is 6.55. The third-order valence-electron chi connectivity index (χ3n) is 6.68. The lowest BCUT2D eigenvalue weighted by Crippen LogP contribution is -2.33. The highest BCUT2D eigenvalue weighted by Crippen LogP contribution is 2.46. The average Bonchev–Trinajstić information content (AvgIpc) is 2.72. The molecule has 0 heterocycles. The SMILES string of the molecule is CCCCNC(=O)c1ccc(/C=C(\C)c2ccc3c(c2)C(C)(C)CCC3(C)C)cc1. The van der Waals surface area contributed by atoms with Crippen LogP contribution in [0.3, 0.4) is 0 Å². The zero-order valence-corrected chi connectivity index (χ0v) is 19.6. The number of hydrogen-bond acceptors (Lipinski definition) is 1. The molecule has 0 fully saturated rings.